The first-order chi connectivity index (χ1) is 8.34. The molecule has 0 bridgehead atoms. The summed E-state index contributed by atoms with van der Waals surface area (Å²) in [5.74, 6) is 1.62. The van der Waals surface area contributed by atoms with Crippen LogP contribution in [-0.4, -0.2) is 4.83 Å². The zero-order valence-corrected chi connectivity index (χ0v) is 12.0. The van der Waals surface area contributed by atoms with Gasteiger partial charge in [-0.1, -0.05) is 59.5 Å². The summed E-state index contributed by atoms with van der Waals surface area (Å²) in [4.78, 5) is 0.700. The zero-order valence-electron chi connectivity index (χ0n) is 10.4. The van der Waals surface area contributed by atoms with Gasteiger partial charge in [-0.25, -0.2) is 0 Å². The third kappa shape index (κ3) is 2.45. The van der Waals surface area contributed by atoms with Gasteiger partial charge in [-0.15, -0.1) is 0 Å². The zero-order chi connectivity index (χ0) is 11.7. The molecule has 2 unspecified atom stereocenters. The van der Waals surface area contributed by atoms with E-state index in [9.17, 15) is 0 Å². The Hall–Kier alpha value is -0.300. The highest BCUT2D eigenvalue weighted by Gasteiger charge is 2.25. The summed E-state index contributed by atoms with van der Waals surface area (Å²) in [5, 5.41) is 0. The third-order valence-corrected chi connectivity index (χ3v) is 5.72. The summed E-state index contributed by atoms with van der Waals surface area (Å²) in [6.07, 6.45) is 9.74. The van der Waals surface area contributed by atoms with Crippen molar-refractivity contribution in [2.24, 2.45) is 0 Å². The van der Waals surface area contributed by atoms with Gasteiger partial charge in [0.2, 0.25) is 0 Å². The van der Waals surface area contributed by atoms with Gasteiger partial charge in [-0.05, 0) is 48.6 Å². The van der Waals surface area contributed by atoms with Gasteiger partial charge >= 0.3 is 0 Å². The van der Waals surface area contributed by atoms with Gasteiger partial charge in [0.15, 0.2) is 0 Å². The molecule has 1 aromatic carbocycles. The van der Waals surface area contributed by atoms with Crippen molar-refractivity contribution in [3.8, 4) is 0 Å². The predicted molar refractivity (Wildman–Crippen MR) is 77.0 cm³/mol. The van der Waals surface area contributed by atoms with Crippen molar-refractivity contribution in [2.45, 2.75) is 61.6 Å². The lowest BCUT2D eigenvalue weighted by molar-refractivity contribution is 0.419. The second-order valence-electron chi connectivity index (χ2n) is 5.70. The highest BCUT2D eigenvalue weighted by Crippen LogP contribution is 2.40. The highest BCUT2D eigenvalue weighted by atomic mass is 79.9. The molecule has 2 fully saturated rings. The smallest absolute Gasteiger partial charge is 0.0214 e. The van der Waals surface area contributed by atoms with Gasteiger partial charge in [-0.3, -0.25) is 0 Å². The molecule has 0 spiro atoms. The molecule has 2 atom stereocenters. The SMILES string of the molecule is BrC1CCCCC1c1ccc(C2CCC2)cc1. The topological polar surface area (TPSA) is 0 Å². The van der Waals surface area contributed by atoms with Crippen LogP contribution in [0.25, 0.3) is 0 Å². The van der Waals surface area contributed by atoms with Crippen LogP contribution < -0.4 is 0 Å². The van der Waals surface area contributed by atoms with E-state index in [0.717, 1.165) is 11.8 Å². The first-order valence-electron chi connectivity index (χ1n) is 7.08. The number of rotatable bonds is 2. The van der Waals surface area contributed by atoms with E-state index in [0.29, 0.717) is 4.83 Å². The van der Waals surface area contributed by atoms with Crippen molar-refractivity contribution in [1.82, 2.24) is 0 Å². The van der Waals surface area contributed by atoms with Gasteiger partial charge in [0.1, 0.15) is 0 Å². The molecule has 0 aromatic heterocycles. The molecule has 0 amide bonds. The quantitative estimate of drug-likeness (QED) is 0.643. The number of halogens is 1. The molecule has 0 radical (unpaired) electrons. The van der Waals surface area contributed by atoms with Crippen LogP contribution in [0.2, 0.25) is 0 Å². The molecule has 3 rings (SSSR count). The summed E-state index contributed by atoms with van der Waals surface area (Å²) in [7, 11) is 0. The van der Waals surface area contributed by atoms with Crippen molar-refractivity contribution in [2.75, 3.05) is 0 Å². The van der Waals surface area contributed by atoms with Crippen molar-refractivity contribution < 1.29 is 0 Å². The Kier molecular flexibility index (Phi) is 3.56. The molecule has 1 aromatic rings. The number of alkyl halides is 1. The Bertz CT molecular complexity index is 364. The Morgan fingerprint density at radius 1 is 0.765 bits per heavy atom. The molecule has 2 aliphatic carbocycles. The maximum Gasteiger partial charge on any atom is 0.0214 e. The van der Waals surface area contributed by atoms with Crippen LogP contribution in [0.4, 0.5) is 0 Å². The minimum Gasteiger partial charge on any atom is -0.0884 e. The van der Waals surface area contributed by atoms with E-state index >= 15 is 0 Å². The van der Waals surface area contributed by atoms with Crippen LogP contribution in [-0.2, 0) is 0 Å². The maximum atomic E-state index is 3.86. The van der Waals surface area contributed by atoms with E-state index in [2.05, 4.69) is 40.2 Å². The molecule has 1 heteroatoms. The molecule has 2 aliphatic rings. The minimum atomic E-state index is 0.700. The summed E-state index contributed by atoms with van der Waals surface area (Å²) in [6, 6.07) is 9.54. The monoisotopic (exact) mass is 292 g/mol. The average molecular weight is 293 g/mol. The average Bonchev–Trinajstić information content (AvgIpc) is 2.29. The Balaban J connectivity index is 1.74. The van der Waals surface area contributed by atoms with Gasteiger partial charge in [0.05, 0.1) is 0 Å². The van der Waals surface area contributed by atoms with Crippen LogP contribution >= 0.6 is 15.9 Å². The van der Waals surface area contributed by atoms with Gasteiger partial charge in [-0.2, -0.15) is 0 Å². The van der Waals surface area contributed by atoms with Crippen LogP contribution in [0, 0.1) is 0 Å². The Morgan fingerprint density at radius 3 is 2.00 bits per heavy atom. The molecule has 0 N–H and O–H groups in total. The van der Waals surface area contributed by atoms with Gasteiger partial charge in [0, 0.05) is 4.83 Å². The van der Waals surface area contributed by atoms with Crippen LogP contribution in [0.15, 0.2) is 24.3 Å². The second kappa shape index (κ2) is 5.14. The predicted octanol–water partition coefficient (Wildman–Crippen LogP) is 5.38. The van der Waals surface area contributed by atoms with Crippen LogP contribution in [0.3, 0.4) is 0 Å². The van der Waals surface area contributed by atoms with E-state index in [1.165, 1.54) is 44.9 Å². The largest absolute Gasteiger partial charge is 0.0884 e. The fourth-order valence-corrected chi connectivity index (χ4v) is 4.11. The first-order valence-corrected chi connectivity index (χ1v) is 8.00. The first kappa shape index (κ1) is 11.8. The van der Waals surface area contributed by atoms with E-state index in [-0.39, 0.29) is 0 Å². The standard InChI is InChI=1S/C16H21Br/c17-16-7-2-1-6-15(16)14-10-8-13(9-11-14)12-4-3-5-12/h8-12,15-16H,1-7H2. The lowest BCUT2D eigenvalue weighted by Gasteiger charge is -2.29. The number of hydrogen-bond donors (Lipinski definition) is 0. The van der Waals surface area contributed by atoms with Crippen molar-refractivity contribution in [3.63, 3.8) is 0 Å². The lowest BCUT2D eigenvalue weighted by Crippen LogP contribution is -2.17. The molecule has 17 heavy (non-hydrogen) atoms. The summed E-state index contributed by atoms with van der Waals surface area (Å²) < 4.78 is 0. The number of benzene rings is 1. The lowest BCUT2D eigenvalue weighted by atomic mass is 9.78. The minimum absolute atomic E-state index is 0.700. The van der Waals surface area contributed by atoms with E-state index in [1.807, 2.05) is 0 Å². The van der Waals surface area contributed by atoms with E-state index in [4.69, 9.17) is 0 Å². The Labute approximate surface area is 113 Å². The fourth-order valence-electron chi connectivity index (χ4n) is 3.22. The maximum absolute atomic E-state index is 3.86. The molecule has 0 saturated heterocycles. The van der Waals surface area contributed by atoms with Gasteiger partial charge < -0.3 is 0 Å². The molecular weight excluding hydrogens is 272 g/mol. The molecule has 0 nitrogen and oxygen atoms in total. The third-order valence-electron chi connectivity index (χ3n) is 4.62. The summed E-state index contributed by atoms with van der Waals surface area (Å²) in [6.45, 7) is 0. The molecule has 2 saturated carbocycles. The van der Waals surface area contributed by atoms with Crippen molar-refractivity contribution in [1.29, 1.82) is 0 Å². The molecule has 92 valence electrons. The normalized spacial score (nSPS) is 29.9. The summed E-state index contributed by atoms with van der Waals surface area (Å²) >= 11 is 3.86. The molecule has 0 heterocycles. The van der Waals surface area contributed by atoms with Crippen LogP contribution in [0.1, 0.15) is 67.9 Å². The summed E-state index contributed by atoms with van der Waals surface area (Å²) in [5.41, 5.74) is 3.12. The Morgan fingerprint density at radius 2 is 1.41 bits per heavy atom. The highest BCUT2D eigenvalue weighted by molar-refractivity contribution is 9.09. The van der Waals surface area contributed by atoms with Crippen molar-refractivity contribution >= 4 is 15.9 Å². The van der Waals surface area contributed by atoms with Gasteiger partial charge in [0.25, 0.3) is 0 Å². The molecule has 0 aliphatic heterocycles. The fraction of sp³-hybridized carbons (Fsp3) is 0.625. The van der Waals surface area contributed by atoms with Crippen molar-refractivity contribution in [3.05, 3.63) is 35.4 Å². The second-order valence-corrected chi connectivity index (χ2v) is 6.88. The molecular formula is C16H21Br. The van der Waals surface area contributed by atoms with E-state index < -0.39 is 0 Å². The van der Waals surface area contributed by atoms with Crippen LogP contribution in [0.5, 0.6) is 0 Å². The number of hydrogen-bond acceptors (Lipinski definition) is 0. The van der Waals surface area contributed by atoms with E-state index in [1.54, 1.807) is 11.1 Å².